The Hall–Kier alpha value is -0.600. The molecule has 0 atom stereocenters. The van der Waals surface area contributed by atoms with Gasteiger partial charge < -0.3 is 4.74 Å². The molecule has 1 aromatic heterocycles. The summed E-state index contributed by atoms with van der Waals surface area (Å²) in [7, 11) is 0. The number of hydrogen-bond donors (Lipinski definition) is 0. The van der Waals surface area contributed by atoms with Crippen LogP contribution in [0.2, 0.25) is 0 Å². The van der Waals surface area contributed by atoms with Gasteiger partial charge in [-0.05, 0) is 29.0 Å². The third-order valence-electron chi connectivity index (χ3n) is 1.43. The maximum absolute atomic E-state index is 11.7. The first-order valence-corrected chi connectivity index (χ1v) is 5.22. The standard InChI is InChI=1S/C8H8F3IN2O/c9-8(10,11)2-1-3-15-7-13-4-6(12)5-14-7/h4-5H,1-3H2. The van der Waals surface area contributed by atoms with Crippen LogP contribution in [0, 0.1) is 3.57 Å². The second kappa shape index (κ2) is 5.47. The van der Waals surface area contributed by atoms with Gasteiger partial charge in [-0.15, -0.1) is 0 Å². The fourth-order valence-corrected chi connectivity index (χ4v) is 1.09. The summed E-state index contributed by atoms with van der Waals surface area (Å²) in [5, 5.41) is 0. The van der Waals surface area contributed by atoms with E-state index in [9.17, 15) is 13.2 Å². The lowest BCUT2D eigenvalue weighted by atomic mass is 10.3. The van der Waals surface area contributed by atoms with Gasteiger partial charge in [0.1, 0.15) is 0 Å². The lowest BCUT2D eigenvalue weighted by Gasteiger charge is -2.06. The van der Waals surface area contributed by atoms with Crippen LogP contribution in [0.15, 0.2) is 12.4 Å². The molecule has 0 aliphatic rings. The summed E-state index contributed by atoms with van der Waals surface area (Å²) in [4.78, 5) is 7.58. The quantitative estimate of drug-likeness (QED) is 0.628. The van der Waals surface area contributed by atoms with Crippen LogP contribution in [0.5, 0.6) is 6.01 Å². The van der Waals surface area contributed by atoms with E-state index in [1.54, 1.807) is 0 Å². The average molecular weight is 332 g/mol. The molecule has 0 spiro atoms. The van der Waals surface area contributed by atoms with Crippen molar-refractivity contribution in [2.45, 2.75) is 19.0 Å². The smallest absolute Gasteiger partial charge is 0.389 e. The van der Waals surface area contributed by atoms with Crippen LogP contribution in [0.25, 0.3) is 0 Å². The Morgan fingerprint density at radius 2 is 1.87 bits per heavy atom. The fraction of sp³-hybridized carbons (Fsp3) is 0.500. The first-order valence-electron chi connectivity index (χ1n) is 4.14. The summed E-state index contributed by atoms with van der Waals surface area (Å²) in [6, 6.07) is 0.109. The normalized spacial score (nSPS) is 11.5. The van der Waals surface area contributed by atoms with E-state index in [1.807, 2.05) is 22.6 Å². The summed E-state index contributed by atoms with van der Waals surface area (Å²) in [6.07, 6.45) is -1.99. The van der Waals surface area contributed by atoms with E-state index < -0.39 is 12.6 Å². The minimum absolute atomic E-state index is 0.0277. The zero-order valence-corrected chi connectivity index (χ0v) is 9.75. The molecular weight excluding hydrogens is 324 g/mol. The van der Waals surface area contributed by atoms with Gasteiger partial charge in [-0.25, -0.2) is 9.97 Å². The van der Waals surface area contributed by atoms with Crippen molar-refractivity contribution in [3.63, 3.8) is 0 Å². The Kier molecular flexibility index (Phi) is 4.55. The molecule has 0 amide bonds. The van der Waals surface area contributed by atoms with E-state index in [0.29, 0.717) is 0 Å². The highest BCUT2D eigenvalue weighted by atomic mass is 127. The summed E-state index contributed by atoms with van der Waals surface area (Å²) in [6.45, 7) is -0.0277. The molecule has 1 rings (SSSR count). The molecule has 0 fully saturated rings. The zero-order valence-electron chi connectivity index (χ0n) is 7.59. The van der Waals surface area contributed by atoms with Crippen molar-refractivity contribution in [1.29, 1.82) is 0 Å². The predicted octanol–water partition coefficient (Wildman–Crippen LogP) is 2.80. The summed E-state index contributed by atoms with van der Waals surface area (Å²) in [5.74, 6) is 0. The number of rotatable bonds is 4. The highest BCUT2D eigenvalue weighted by Gasteiger charge is 2.26. The SMILES string of the molecule is FC(F)(F)CCCOc1ncc(I)cn1. The number of halogens is 4. The number of hydrogen-bond acceptors (Lipinski definition) is 3. The number of aromatic nitrogens is 2. The molecule has 3 nitrogen and oxygen atoms in total. The molecule has 0 N–H and O–H groups in total. The minimum atomic E-state index is -4.13. The van der Waals surface area contributed by atoms with E-state index in [-0.39, 0.29) is 19.0 Å². The molecule has 7 heteroatoms. The van der Waals surface area contributed by atoms with Crippen molar-refractivity contribution >= 4 is 22.6 Å². The van der Waals surface area contributed by atoms with E-state index >= 15 is 0 Å². The number of alkyl halides is 3. The van der Waals surface area contributed by atoms with E-state index in [1.165, 1.54) is 12.4 Å². The van der Waals surface area contributed by atoms with E-state index in [4.69, 9.17) is 4.74 Å². The second-order valence-electron chi connectivity index (χ2n) is 2.75. The molecule has 0 radical (unpaired) electrons. The minimum Gasteiger partial charge on any atom is -0.463 e. The van der Waals surface area contributed by atoms with Gasteiger partial charge in [-0.1, -0.05) is 0 Å². The van der Waals surface area contributed by atoms with Crippen molar-refractivity contribution in [3.05, 3.63) is 16.0 Å². The lowest BCUT2D eigenvalue weighted by molar-refractivity contribution is -0.136. The Morgan fingerprint density at radius 1 is 1.27 bits per heavy atom. The lowest BCUT2D eigenvalue weighted by Crippen LogP contribution is -2.10. The Balaban J connectivity index is 2.23. The van der Waals surface area contributed by atoms with Crippen LogP contribution in [0.3, 0.4) is 0 Å². The molecule has 0 saturated heterocycles. The fourth-order valence-electron chi connectivity index (χ4n) is 0.811. The largest absolute Gasteiger partial charge is 0.463 e. The monoisotopic (exact) mass is 332 g/mol. The number of nitrogens with zero attached hydrogens (tertiary/aromatic N) is 2. The molecule has 1 aromatic rings. The van der Waals surface area contributed by atoms with Crippen molar-refractivity contribution in [1.82, 2.24) is 9.97 Å². The molecule has 84 valence electrons. The summed E-state index contributed by atoms with van der Waals surface area (Å²) < 4.78 is 41.0. The second-order valence-corrected chi connectivity index (χ2v) is 4.00. The average Bonchev–Trinajstić information content (AvgIpc) is 2.14. The molecule has 0 aromatic carbocycles. The Morgan fingerprint density at radius 3 is 2.40 bits per heavy atom. The van der Waals surface area contributed by atoms with Crippen molar-refractivity contribution in [2.24, 2.45) is 0 Å². The number of ether oxygens (including phenoxy) is 1. The van der Waals surface area contributed by atoms with Crippen LogP contribution >= 0.6 is 22.6 Å². The topological polar surface area (TPSA) is 35.0 Å². The van der Waals surface area contributed by atoms with E-state index in [0.717, 1.165) is 3.57 Å². The van der Waals surface area contributed by atoms with Gasteiger partial charge in [0.05, 0.1) is 6.61 Å². The summed E-state index contributed by atoms with van der Waals surface area (Å²) >= 11 is 2.02. The molecule has 1 heterocycles. The maximum atomic E-state index is 11.7. The van der Waals surface area contributed by atoms with Gasteiger partial charge in [0.2, 0.25) is 0 Å². The third kappa shape index (κ3) is 5.75. The van der Waals surface area contributed by atoms with Gasteiger partial charge >= 0.3 is 12.2 Å². The molecule has 0 aliphatic heterocycles. The highest BCUT2D eigenvalue weighted by molar-refractivity contribution is 14.1. The van der Waals surface area contributed by atoms with Crippen molar-refractivity contribution in [2.75, 3.05) is 6.61 Å². The van der Waals surface area contributed by atoms with Crippen LogP contribution in [0.4, 0.5) is 13.2 Å². The summed E-state index contributed by atoms with van der Waals surface area (Å²) in [5.41, 5.74) is 0. The molecule has 0 saturated carbocycles. The Labute approximate surface area is 98.2 Å². The third-order valence-corrected chi connectivity index (χ3v) is 1.99. The van der Waals surface area contributed by atoms with Crippen molar-refractivity contribution < 1.29 is 17.9 Å². The first kappa shape index (κ1) is 12.5. The molecular formula is C8H8F3IN2O. The van der Waals surface area contributed by atoms with Gasteiger partial charge in [0, 0.05) is 22.4 Å². The van der Waals surface area contributed by atoms with Gasteiger partial charge in [0.25, 0.3) is 0 Å². The molecule has 15 heavy (non-hydrogen) atoms. The van der Waals surface area contributed by atoms with Gasteiger partial charge in [-0.2, -0.15) is 13.2 Å². The molecule has 0 bridgehead atoms. The van der Waals surface area contributed by atoms with Crippen LogP contribution in [-0.2, 0) is 0 Å². The first-order chi connectivity index (χ1) is 6.97. The predicted molar refractivity (Wildman–Crippen MR) is 55.5 cm³/mol. The zero-order chi connectivity index (χ0) is 11.3. The van der Waals surface area contributed by atoms with Crippen molar-refractivity contribution in [3.8, 4) is 6.01 Å². The van der Waals surface area contributed by atoms with Crippen LogP contribution in [0.1, 0.15) is 12.8 Å². The molecule has 0 aliphatic carbocycles. The van der Waals surface area contributed by atoms with Gasteiger partial charge in [0.15, 0.2) is 0 Å². The molecule has 0 unspecified atom stereocenters. The van der Waals surface area contributed by atoms with Gasteiger partial charge in [-0.3, -0.25) is 0 Å². The van der Waals surface area contributed by atoms with Crippen LogP contribution < -0.4 is 4.74 Å². The maximum Gasteiger partial charge on any atom is 0.389 e. The highest BCUT2D eigenvalue weighted by Crippen LogP contribution is 2.21. The van der Waals surface area contributed by atoms with Crippen LogP contribution in [-0.4, -0.2) is 22.8 Å². The Bertz CT molecular complexity index is 302. The van der Waals surface area contributed by atoms with E-state index in [2.05, 4.69) is 9.97 Å².